The van der Waals surface area contributed by atoms with E-state index in [0.29, 0.717) is 5.69 Å². The summed E-state index contributed by atoms with van der Waals surface area (Å²) in [4.78, 5) is 21.3. The first kappa shape index (κ1) is 19.2. The highest BCUT2D eigenvalue weighted by Crippen LogP contribution is 2.22. The van der Waals surface area contributed by atoms with Gasteiger partial charge in [0.05, 0.1) is 22.5 Å². The van der Waals surface area contributed by atoms with Gasteiger partial charge in [0.25, 0.3) is 5.91 Å². The molecule has 2 heterocycles. The quantitative estimate of drug-likeness (QED) is 0.690. The smallest absolute Gasteiger partial charge is 0.260 e. The zero-order chi connectivity index (χ0) is 20.2. The minimum atomic E-state index is -0.657. The number of rotatable bonds is 4. The van der Waals surface area contributed by atoms with Crippen molar-refractivity contribution in [3.05, 3.63) is 83.3 Å². The van der Waals surface area contributed by atoms with Gasteiger partial charge in [0.2, 0.25) is 0 Å². The number of hydrogen-bond donors (Lipinski definition) is 1. The Morgan fingerprint density at radius 1 is 0.931 bits per heavy atom. The lowest BCUT2D eigenvalue weighted by molar-refractivity contribution is 0.102. The van der Waals surface area contributed by atoms with E-state index < -0.39 is 11.7 Å². The highest BCUT2D eigenvalue weighted by molar-refractivity contribution is 6.34. The fraction of sp³-hybridized carbons (Fsp3) is 0.182. The number of benzene rings is 2. The third-order valence-electron chi connectivity index (χ3n) is 4.92. The average molecular weight is 411 g/mol. The van der Waals surface area contributed by atoms with Crippen molar-refractivity contribution in [2.45, 2.75) is 0 Å². The molecule has 0 radical (unpaired) electrons. The molecule has 148 valence electrons. The van der Waals surface area contributed by atoms with Gasteiger partial charge in [-0.05, 0) is 36.4 Å². The molecule has 0 aliphatic carbocycles. The molecule has 2 aromatic carbocycles. The number of hydrogen-bond acceptors (Lipinski definition) is 4. The van der Waals surface area contributed by atoms with Gasteiger partial charge in [-0.1, -0.05) is 35.9 Å². The first-order valence-electron chi connectivity index (χ1n) is 9.38. The van der Waals surface area contributed by atoms with E-state index >= 15 is 0 Å². The van der Waals surface area contributed by atoms with Crippen molar-refractivity contribution in [2.75, 3.05) is 41.3 Å². The molecular weight excluding hydrogens is 391 g/mol. The topological polar surface area (TPSA) is 48.5 Å². The van der Waals surface area contributed by atoms with Gasteiger partial charge in [0.1, 0.15) is 11.6 Å². The second-order valence-electron chi connectivity index (χ2n) is 6.77. The summed E-state index contributed by atoms with van der Waals surface area (Å²) in [5.74, 6) is -0.408. The number of nitrogens with one attached hydrogen (secondary N) is 1. The van der Waals surface area contributed by atoms with Crippen LogP contribution in [0, 0.1) is 5.82 Å². The molecule has 7 heteroatoms. The third kappa shape index (κ3) is 4.32. The molecule has 1 aromatic heterocycles. The van der Waals surface area contributed by atoms with Crippen LogP contribution in [0.15, 0.2) is 66.9 Å². The molecule has 3 aromatic rings. The molecule has 1 fully saturated rings. The number of anilines is 3. The zero-order valence-electron chi connectivity index (χ0n) is 15.7. The van der Waals surface area contributed by atoms with E-state index in [-0.39, 0.29) is 10.6 Å². The lowest BCUT2D eigenvalue weighted by atomic mass is 10.2. The van der Waals surface area contributed by atoms with Gasteiger partial charge in [-0.2, -0.15) is 0 Å². The van der Waals surface area contributed by atoms with Crippen LogP contribution in [0.5, 0.6) is 0 Å². The van der Waals surface area contributed by atoms with Gasteiger partial charge in [0, 0.05) is 31.9 Å². The van der Waals surface area contributed by atoms with E-state index in [1.54, 1.807) is 12.3 Å². The Bertz CT molecular complexity index is 969. The second-order valence-corrected chi connectivity index (χ2v) is 7.17. The number of halogens is 2. The highest BCUT2D eigenvalue weighted by atomic mass is 35.5. The van der Waals surface area contributed by atoms with Gasteiger partial charge in [0.15, 0.2) is 0 Å². The molecule has 0 spiro atoms. The van der Waals surface area contributed by atoms with Crippen molar-refractivity contribution in [1.29, 1.82) is 0 Å². The normalized spacial score (nSPS) is 14.0. The molecule has 1 amide bonds. The van der Waals surface area contributed by atoms with Gasteiger partial charge in [-0.3, -0.25) is 4.79 Å². The second kappa shape index (κ2) is 8.49. The van der Waals surface area contributed by atoms with E-state index in [1.165, 1.54) is 23.9 Å². The van der Waals surface area contributed by atoms with E-state index in [0.717, 1.165) is 32.0 Å². The van der Waals surface area contributed by atoms with Crippen LogP contribution in [0.25, 0.3) is 0 Å². The first-order valence-corrected chi connectivity index (χ1v) is 9.76. The molecule has 0 unspecified atom stereocenters. The number of piperazine rings is 1. The molecule has 29 heavy (non-hydrogen) atoms. The fourth-order valence-electron chi connectivity index (χ4n) is 3.39. The largest absolute Gasteiger partial charge is 0.368 e. The van der Waals surface area contributed by atoms with Crippen LogP contribution >= 0.6 is 11.6 Å². The molecule has 4 rings (SSSR count). The summed E-state index contributed by atoms with van der Waals surface area (Å²) in [5, 5.41) is 2.72. The SMILES string of the molecule is O=C(Nc1ccc(N2CCN(c3ccccc3)CC2)nc1)c1c(F)cccc1Cl. The van der Waals surface area contributed by atoms with Crippen molar-refractivity contribution < 1.29 is 9.18 Å². The summed E-state index contributed by atoms with van der Waals surface area (Å²) in [5.41, 5.74) is 1.54. The maximum Gasteiger partial charge on any atom is 0.260 e. The first-order chi connectivity index (χ1) is 14.1. The van der Waals surface area contributed by atoms with E-state index in [4.69, 9.17) is 11.6 Å². The van der Waals surface area contributed by atoms with Crippen LogP contribution in [0.1, 0.15) is 10.4 Å². The molecule has 1 N–H and O–H groups in total. The minimum Gasteiger partial charge on any atom is -0.368 e. The Balaban J connectivity index is 1.38. The molecule has 0 saturated carbocycles. The lowest BCUT2D eigenvalue weighted by Gasteiger charge is -2.36. The average Bonchev–Trinajstić information content (AvgIpc) is 2.75. The number of carbonyl (C=O) groups is 1. The van der Waals surface area contributed by atoms with Gasteiger partial charge in [-0.15, -0.1) is 0 Å². The Hall–Kier alpha value is -3.12. The Morgan fingerprint density at radius 2 is 1.66 bits per heavy atom. The molecular formula is C22H20ClFN4O. The fourth-order valence-corrected chi connectivity index (χ4v) is 3.64. The van der Waals surface area contributed by atoms with E-state index in [1.807, 2.05) is 24.3 Å². The van der Waals surface area contributed by atoms with Crippen LogP contribution in [-0.2, 0) is 0 Å². The van der Waals surface area contributed by atoms with Gasteiger partial charge >= 0.3 is 0 Å². The Morgan fingerprint density at radius 3 is 2.31 bits per heavy atom. The van der Waals surface area contributed by atoms with Crippen molar-refractivity contribution in [3.63, 3.8) is 0 Å². The highest BCUT2D eigenvalue weighted by Gasteiger charge is 2.19. The van der Waals surface area contributed by atoms with Crippen LogP contribution in [0.2, 0.25) is 5.02 Å². The maximum atomic E-state index is 13.9. The Kier molecular flexibility index (Phi) is 5.62. The van der Waals surface area contributed by atoms with Crippen molar-refractivity contribution in [1.82, 2.24) is 4.98 Å². The number of aromatic nitrogens is 1. The molecule has 1 aliphatic heterocycles. The molecule has 1 aliphatic rings. The number of pyridine rings is 1. The number of carbonyl (C=O) groups excluding carboxylic acids is 1. The number of amides is 1. The van der Waals surface area contributed by atoms with Gasteiger partial charge in [-0.25, -0.2) is 9.37 Å². The number of nitrogens with zero attached hydrogens (tertiary/aromatic N) is 3. The van der Waals surface area contributed by atoms with Gasteiger partial charge < -0.3 is 15.1 Å². The summed E-state index contributed by atoms with van der Waals surface area (Å²) in [6.45, 7) is 3.54. The lowest BCUT2D eigenvalue weighted by Crippen LogP contribution is -2.46. The molecule has 1 saturated heterocycles. The summed E-state index contributed by atoms with van der Waals surface area (Å²) < 4.78 is 13.9. The zero-order valence-corrected chi connectivity index (χ0v) is 16.4. The van der Waals surface area contributed by atoms with Crippen LogP contribution in [-0.4, -0.2) is 37.1 Å². The molecule has 5 nitrogen and oxygen atoms in total. The number of para-hydroxylation sites is 1. The van der Waals surface area contributed by atoms with Crippen LogP contribution in [0.4, 0.5) is 21.6 Å². The predicted molar refractivity (Wildman–Crippen MR) is 114 cm³/mol. The Labute approximate surface area is 173 Å². The van der Waals surface area contributed by atoms with E-state index in [2.05, 4.69) is 32.2 Å². The maximum absolute atomic E-state index is 13.9. The minimum absolute atomic E-state index is 0.0726. The van der Waals surface area contributed by atoms with E-state index in [9.17, 15) is 9.18 Å². The van der Waals surface area contributed by atoms with Crippen LogP contribution in [0.3, 0.4) is 0 Å². The van der Waals surface area contributed by atoms with Crippen molar-refractivity contribution in [2.24, 2.45) is 0 Å². The summed E-state index contributed by atoms with van der Waals surface area (Å²) in [6, 6.07) is 18.1. The monoisotopic (exact) mass is 410 g/mol. The van der Waals surface area contributed by atoms with Crippen molar-refractivity contribution >= 4 is 34.7 Å². The van der Waals surface area contributed by atoms with Crippen LogP contribution < -0.4 is 15.1 Å². The summed E-state index contributed by atoms with van der Waals surface area (Å²) in [7, 11) is 0. The molecule has 0 bridgehead atoms. The third-order valence-corrected chi connectivity index (χ3v) is 5.24. The summed E-state index contributed by atoms with van der Waals surface area (Å²) >= 11 is 5.95. The predicted octanol–water partition coefficient (Wildman–Crippen LogP) is 4.45. The molecule has 0 atom stereocenters. The summed E-state index contributed by atoms with van der Waals surface area (Å²) in [6.07, 6.45) is 1.57. The van der Waals surface area contributed by atoms with Crippen molar-refractivity contribution in [3.8, 4) is 0 Å². The standard InChI is InChI=1S/C22H20ClFN4O/c23-18-7-4-8-19(24)21(18)22(29)26-16-9-10-20(25-15-16)28-13-11-27(12-14-28)17-5-2-1-3-6-17/h1-10,15H,11-14H2,(H,26,29).